The van der Waals surface area contributed by atoms with Gasteiger partial charge in [-0.3, -0.25) is 0 Å². The lowest BCUT2D eigenvalue weighted by molar-refractivity contribution is -0.381. The van der Waals surface area contributed by atoms with Gasteiger partial charge < -0.3 is 19.9 Å². The van der Waals surface area contributed by atoms with Crippen LogP contribution in [0.2, 0.25) is 0 Å². The molecule has 2 aromatic rings. The molecule has 26 heavy (non-hydrogen) atoms. The highest BCUT2D eigenvalue weighted by atomic mass is 16.5. The summed E-state index contributed by atoms with van der Waals surface area (Å²) in [5.41, 5.74) is 1.26. The number of H-pyrrole nitrogens is 2. The zero-order valence-electron chi connectivity index (χ0n) is 14.5. The smallest absolute Gasteiger partial charge is 0.267 e. The van der Waals surface area contributed by atoms with Crippen molar-refractivity contribution in [1.29, 1.82) is 0 Å². The molecule has 0 spiro atoms. The minimum absolute atomic E-state index is 0.593. The van der Waals surface area contributed by atoms with Gasteiger partial charge in [0.1, 0.15) is 12.4 Å². The van der Waals surface area contributed by atoms with E-state index in [9.17, 15) is 0 Å². The Morgan fingerprint density at radius 1 is 0.769 bits per heavy atom. The van der Waals surface area contributed by atoms with E-state index in [2.05, 4.69) is 20.3 Å². The van der Waals surface area contributed by atoms with Crippen LogP contribution in [-0.2, 0) is 0 Å². The summed E-state index contributed by atoms with van der Waals surface area (Å²) in [7, 11) is 0. The number of nitrogens with one attached hydrogen (secondary N) is 2. The van der Waals surface area contributed by atoms with Crippen LogP contribution >= 0.6 is 0 Å². The summed E-state index contributed by atoms with van der Waals surface area (Å²) in [4.78, 5) is 5.92. The lowest BCUT2D eigenvalue weighted by Crippen LogP contribution is -2.13. The van der Waals surface area contributed by atoms with Crippen LogP contribution in [0, 0.1) is 0 Å². The number of aromatic amines is 2. The highest BCUT2D eigenvalue weighted by molar-refractivity contribution is 5.78. The molecular formula is C18H24N4O4+2. The average Bonchev–Trinajstić information content (AvgIpc) is 2.67. The first kappa shape index (κ1) is 19.2. The van der Waals surface area contributed by atoms with E-state index in [1.165, 1.54) is 12.4 Å². The van der Waals surface area contributed by atoms with Crippen LogP contribution in [-0.4, -0.2) is 36.1 Å². The number of rotatable bonds is 11. The summed E-state index contributed by atoms with van der Waals surface area (Å²) in [6, 6.07) is 7.31. The Morgan fingerprint density at radius 2 is 1.23 bits per heavy atom. The molecule has 0 aromatic carbocycles. The molecule has 8 nitrogen and oxygen atoms in total. The SMILES string of the molecule is O/N=C\c1[nH+]cccc1OCCCCCCOc1ccc[nH+]c1/C=N\O. The van der Waals surface area contributed by atoms with Gasteiger partial charge in [-0.15, -0.1) is 0 Å². The lowest BCUT2D eigenvalue weighted by Gasteiger charge is -2.07. The maximum Gasteiger partial charge on any atom is 0.267 e. The summed E-state index contributed by atoms with van der Waals surface area (Å²) in [5.74, 6) is 1.32. The van der Waals surface area contributed by atoms with Gasteiger partial charge in [0.2, 0.25) is 0 Å². The Kier molecular flexibility index (Phi) is 8.41. The second kappa shape index (κ2) is 11.4. The number of oxime groups is 2. The van der Waals surface area contributed by atoms with Crippen LogP contribution < -0.4 is 19.4 Å². The van der Waals surface area contributed by atoms with Crippen molar-refractivity contribution < 1.29 is 29.9 Å². The molecule has 0 aliphatic carbocycles. The second-order valence-electron chi connectivity index (χ2n) is 5.50. The number of aromatic nitrogens is 2. The molecule has 0 atom stereocenters. The Balaban J connectivity index is 1.60. The van der Waals surface area contributed by atoms with E-state index < -0.39 is 0 Å². The average molecular weight is 360 g/mol. The zero-order chi connectivity index (χ0) is 18.5. The molecule has 0 bridgehead atoms. The molecule has 0 unspecified atom stereocenters. The molecule has 2 heterocycles. The number of unbranched alkanes of at least 4 members (excludes halogenated alkanes) is 3. The molecule has 0 aliphatic heterocycles. The minimum Gasteiger partial charge on any atom is -0.487 e. The van der Waals surface area contributed by atoms with Gasteiger partial charge in [0.15, 0.2) is 23.9 Å². The first-order chi connectivity index (χ1) is 12.8. The van der Waals surface area contributed by atoms with Crippen molar-refractivity contribution in [2.45, 2.75) is 25.7 Å². The van der Waals surface area contributed by atoms with E-state index >= 15 is 0 Å². The summed E-state index contributed by atoms with van der Waals surface area (Å²) in [5, 5.41) is 23.3. The van der Waals surface area contributed by atoms with Gasteiger partial charge in [-0.2, -0.15) is 0 Å². The number of nitrogens with zero attached hydrogens (tertiary/aromatic N) is 2. The fraction of sp³-hybridized carbons (Fsp3) is 0.333. The monoisotopic (exact) mass is 360 g/mol. The lowest BCUT2D eigenvalue weighted by atomic mass is 10.2. The topological polar surface area (TPSA) is 112 Å². The van der Waals surface area contributed by atoms with E-state index in [0.29, 0.717) is 36.1 Å². The summed E-state index contributed by atoms with van der Waals surface area (Å²) in [6.45, 7) is 1.19. The van der Waals surface area contributed by atoms with Gasteiger partial charge in [-0.25, -0.2) is 9.97 Å². The van der Waals surface area contributed by atoms with Crippen molar-refractivity contribution >= 4 is 12.4 Å². The van der Waals surface area contributed by atoms with Gasteiger partial charge in [0.25, 0.3) is 11.4 Å². The third kappa shape index (κ3) is 6.39. The summed E-state index contributed by atoms with van der Waals surface area (Å²) in [6.07, 6.45) is 9.99. The number of ether oxygens (including phenoxy) is 2. The summed E-state index contributed by atoms with van der Waals surface area (Å²) >= 11 is 0. The molecule has 0 amide bonds. The second-order valence-corrected chi connectivity index (χ2v) is 5.50. The Labute approximate surface area is 151 Å². The van der Waals surface area contributed by atoms with Crippen LogP contribution in [0.1, 0.15) is 37.1 Å². The third-order valence-electron chi connectivity index (χ3n) is 3.62. The van der Waals surface area contributed by atoms with Crippen molar-refractivity contribution in [3.63, 3.8) is 0 Å². The van der Waals surface area contributed by atoms with Crippen LogP contribution in [0.25, 0.3) is 0 Å². The molecule has 138 valence electrons. The standard InChI is InChI=1S/C18H22N4O4/c23-21-13-15-17(7-5-9-19-15)25-11-3-1-2-4-12-26-18-8-6-10-20-16(18)14-22-24/h5-10,13-14,23-24H,1-4,11-12H2/p+2/b21-13-,22-14-. The number of pyridine rings is 2. The fourth-order valence-corrected chi connectivity index (χ4v) is 2.36. The fourth-order valence-electron chi connectivity index (χ4n) is 2.36. The minimum atomic E-state index is 0.593. The van der Waals surface area contributed by atoms with E-state index in [0.717, 1.165) is 25.7 Å². The van der Waals surface area contributed by atoms with Crippen molar-refractivity contribution in [1.82, 2.24) is 0 Å². The first-order valence-electron chi connectivity index (χ1n) is 8.47. The van der Waals surface area contributed by atoms with Crippen molar-refractivity contribution in [2.75, 3.05) is 13.2 Å². The Bertz CT molecular complexity index is 660. The molecule has 0 radical (unpaired) electrons. The van der Waals surface area contributed by atoms with Gasteiger partial charge in [0, 0.05) is 12.1 Å². The largest absolute Gasteiger partial charge is 0.487 e. The van der Waals surface area contributed by atoms with Gasteiger partial charge in [-0.1, -0.05) is 10.3 Å². The van der Waals surface area contributed by atoms with E-state index in [-0.39, 0.29) is 0 Å². The molecule has 4 N–H and O–H groups in total. The zero-order valence-corrected chi connectivity index (χ0v) is 14.5. The maximum absolute atomic E-state index is 8.63. The number of hydrogen-bond acceptors (Lipinski definition) is 6. The molecule has 8 heteroatoms. The predicted molar refractivity (Wildman–Crippen MR) is 94.2 cm³/mol. The van der Waals surface area contributed by atoms with Gasteiger partial charge in [0.05, 0.1) is 13.2 Å². The quantitative estimate of drug-likeness (QED) is 0.276. The van der Waals surface area contributed by atoms with Crippen molar-refractivity contribution in [3.05, 3.63) is 48.0 Å². The molecule has 2 aromatic heterocycles. The van der Waals surface area contributed by atoms with Crippen LogP contribution in [0.3, 0.4) is 0 Å². The van der Waals surface area contributed by atoms with Crippen molar-refractivity contribution in [3.8, 4) is 11.5 Å². The van der Waals surface area contributed by atoms with Crippen molar-refractivity contribution in [2.24, 2.45) is 10.3 Å². The molecular weight excluding hydrogens is 336 g/mol. The van der Waals surface area contributed by atoms with E-state index in [4.69, 9.17) is 19.9 Å². The van der Waals surface area contributed by atoms with Crippen LogP contribution in [0.5, 0.6) is 11.5 Å². The Morgan fingerprint density at radius 3 is 1.65 bits per heavy atom. The molecule has 0 aliphatic rings. The predicted octanol–water partition coefficient (Wildman–Crippen LogP) is 1.95. The molecule has 0 saturated heterocycles. The van der Waals surface area contributed by atoms with Crippen LogP contribution in [0.4, 0.5) is 0 Å². The summed E-state index contributed by atoms with van der Waals surface area (Å²) < 4.78 is 11.4. The highest BCUT2D eigenvalue weighted by Gasteiger charge is 2.09. The van der Waals surface area contributed by atoms with Gasteiger partial charge >= 0.3 is 0 Å². The highest BCUT2D eigenvalue weighted by Crippen LogP contribution is 2.13. The number of hydrogen-bond donors (Lipinski definition) is 2. The van der Waals surface area contributed by atoms with E-state index in [1.807, 2.05) is 24.3 Å². The third-order valence-corrected chi connectivity index (χ3v) is 3.62. The first-order valence-corrected chi connectivity index (χ1v) is 8.47. The molecule has 0 fully saturated rings. The van der Waals surface area contributed by atoms with Gasteiger partial charge in [-0.05, 0) is 37.8 Å². The van der Waals surface area contributed by atoms with E-state index in [1.54, 1.807) is 12.4 Å². The molecule has 2 rings (SSSR count). The van der Waals surface area contributed by atoms with Crippen LogP contribution in [0.15, 0.2) is 47.0 Å². The maximum atomic E-state index is 8.63. The Hall–Kier alpha value is -3.16. The normalized spacial score (nSPS) is 11.2. The molecule has 0 saturated carbocycles.